The lowest BCUT2D eigenvalue weighted by Crippen LogP contribution is -2.05. The summed E-state index contributed by atoms with van der Waals surface area (Å²) < 4.78 is 5.35. The van der Waals surface area contributed by atoms with Gasteiger partial charge in [0, 0.05) is 5.39 Å². The van der Waals surface area contributed by atoms with E-state index in [-0.39, 0.29) is 5.56 Å². The van der Waals surface area contributed by atoms with E-state index in [9.17, 15) is 9.59 Å². The quantitative estimate of drug-likeness (QED) is 0.850. The highest BCUT2D eigenvalue weighted by Gasteiger charge is 2.18. The van der Waals surface area contributed by atoms with Gasteiger partial charge in [0.2, 0.25) is 0 Å². The molecule has 2 rings (SSSR count). The summed E-state index contributed by atoms with van der Waals surface area (Å²) in [7, 11) is 0. The number of benzene rings is 1. The molecule has 5 nitrogen and oxygen atoms in total. The molecule has 5 heteroatoms. The number of aliphatic carboxylic acids is 1. The van der Waals surface area contributed by atoms with Crippen LogP contribution in [0.5, 0.6) is 0 Å². The van der Waals surface area contributed by atoms with E-state index in [2.05, 4.69) is 0 Å². The number of furan rings is 1. The van der Waals surface area contributed by atoms with Crippen molar-refractivity contribution in [3.8, 4) is 0 Å². The van der Waals surface area contributed by atoms with Gasteiger partial charge < -0.3 is 14.6 Å². The molecule has 0 bridgehead atoms. The summed E-state index contributed by atoms with van der Waals surface area (Å²) in [4.78, 5) is 21.6. The standard InChI is InChI=1S/C12H10O5/c1-6(11(13)14)10-5-8-4-7(12(15)16)2-3-9(8)17-10/h2-6H,1H3,(H,13,14)(H,15,16). The average Bonchev–Trinajstić information content (AvgIpc) is 2.69. The summed E-state index contributed by atoms with van der Waals surface area (Å²) in [5, 5.41) is 18.3. The van der Waals surface area contributed by atoms with Gasteiger partial charge in [-0.05, 0) is 31.2 Å². The smallest absolute Gasteiger partial charge is 0.335 e. The van der Waals surface area contributed by atoms with Crippen LogP contribution < -0.4 is 0 Å². The Morgan fingerprint density at radius 2 is 1.94 bits per heavy atom. The van der Waals surface area contributed by atoms with Crippen molar-refractivity contribution in [2.24, 2.45) is 0 Å². The Hall–Kier alpha value is -2.30. The predicted molar refractivity (Wildman–Crippen MR) is 59.2 cm³/mol. The normalized spacial score (nSPS) is 12.5. The van der Waals surface area contributed by atoms with Crippen LogP contribution in [0, 0.1) is 0 Å². The van der Waals surface area contributed by atoms with E-state index in [1.807, 2.05) is 0 Å². The highest BCUT2D eigenvalue weighted by molar-refractivity contribution is 5.93. The minimum Gasteiger partial charge on any atom is -0.481 e. The van der Waals surface area contributed by atoms with Gasteiger partial charge in [-0.3, -0.25) is 4.79 Å². The third kappa shape index (κ3) is 1.99. The number of rotatable bonds is 3. The summed E-state index contributed by atoms with van der Waals surface area (Å²) in [6.07, 6.45) is 0. The molecule has 0 aliphatic heterocycles. The second kappa shape index (κ2) is 3.93. The van der Waals surface area contributed by atoms with E-state index < -0.39 is 17.9 Å². The second-order valence-electron chi connectivity index (χ2n) is 3.77. The molecule has 1 heterocycles. The fraction of sp³-hybridized carbons (Fsp3) is 0.167. The Morgan fingerprint density at radius 3 is 2.53 bits per heavy atom. The first kappa shape index (κ1) is 11.2. The van der Waals surface area contributed by atoms with Crippen molar-refractivity contribution in [1.82, 2.24) is 0 Å². The Kier molecular flexibility index (Phi) is 2.59. The summed E-state index contributed by atoms with van der Waals surface area (Å²) in [5.41, 5.74) is 0.630. The molecule has 0 saturated carbocycles. The molecule has 0 aliphatic carbocycles. The van der Waals surface area contributed by atoms with Gasteiger partial charge in [-0.1, -0.05) is 0 Å². The zero-order valence-electron chi connectivity index (χ0n) is 9.01. The number of carboxylic acids is 2. The van der Waals surface area contributed by atoms with Crippen LogP contribution >= 0.6 is 0 Å². The summed E-state index contributed by atoms with van der Waals surface area (Å²) in [6.45, 7) is 1.51. The SMILES string of the molecule is CC(C(=O)O)c1cc2cc(C(=O)O)ccc2o1. The first-order chi connectivity index (χ1) is 7.99. The summed E-state index contributed by atoms with van der Waals surface area (Å²) in [6, 6.07) is 5.96. The molecule has 1 aromatic heterocycles. The van der Waals surface area contributed by atoms with Crippen molar-refractivity contribution in [1.29, 1.82) is 0 Å². The van der Waals surface area contributed by atoms with Crippen molar-refractivity contribution in [3.05, 3.63) is 35.6 Å². The van der Waals surface area contributed by atoms with Crippen molar-refractivity contribution >= 4 is 22.9 Å². The van der Waals surface area contributed by atoms with Crippen molar-refractivity contribution in [2.45, 2.75) is 12.8 Å². The van der Waals surface area contributed by atoms with Gasteiger partial charge in [0.25, 0.3) is 0 Å². The van der Waals surface area contributed by atoms with Crippen LogP contribution in [0.2, 0.25) is 0 Å². The molecular weight excluding hydrogens is 224 g/mol. The number of fused-ring (bicyclic) bond motifs is 1. The molecule has 0 amide bonds. The first-order valence-corrected chi connectivity index (χ1v) is 4.98. The van der Waals surface area contributed by atoms with Crippen LogP contribution in [0.3, 0.4) is 0 Å². The van der Waals surface area contributed by atoms with E-state index in [0.717, 1.165) is 0 Å². The molecule has 17 heavy (non-hydrogen) atoms. The molecule has 1 aromatic carbocycles. The van der Waals surface area contributed by atoms with Crippen LogP contribution in [-0.2, 0) is 4.79 Å². The topological polar surface area (TPSA) is 87.7 Å². The molecule has 2 aromatic rings. The highest BCUT2D eigenvalue weighted by atomic mass is 16.4. The van der Waals surface area contributed by atoms with E-state index in [1.165, 1.54) is 25.1 Å². The minimum absolute atomic E-state index is 0.146. The molecule has 2 N–H and O–H groups in total. The average molecular weight is 234 g/mol. The van der Waals surface area contributed by atoms with Crippen molar-refractivity contribution in [3.63, 3.8) is 0 Å². The lowest BCUT2D eigenvalue weighted by atomic mass is 10.1. The Balaban J connectivity index is 2.50. The van der Waals surface area contributed by atoms with E-state index >= 15 is 0 Å². The van der Waals surface area contributed by atoms with Gasteiger partial charge >= 0.3 is 11.9 Å². The fourth-order valence-electron chi connectivity index (χ4n) is 1.53. The molecule has 1 atom stereocenters. The zero-order chi connectivity index (χ0) is 12.6. The fourth-order valence-corrected chi connectivity index (χ4v) is 1.53. The number of carboxylic acid groups (broad SMARTS) is 2. The second-order valence-corrected chi connectivity index (χ2v) is 3.77. The molecule has 0 radical (unpaired) electrons. The van der Waals surface area contributed by atoms with E-state index in [1.54, 1.807) is 6.07 Å². The van der Waals surface area contributed by atoms with Gasteiger partial charge in [-0.25, -0.2) is 4.79 Å². The molecular formula is C12H10O5. The zero-order valence-corrected chi connectivity index (χ0v) is 9.01. The highest BCUT2D eigenvalue weighted by Crippen LogP contribution is 2.26. The maximum Gasteiger partial charge on any atom is 0.335 e. The molecule has 1 unspecified atom stereocenters. The largest absolute Gasteiger partial charge is 0.481 e. The monoisotopic (exact) mass is 234 g/mol. The third-order valence-electron chi connectivity index (χ3n) is 2.58. The third-order valence-corrected chi connectivity index (χ3v) is 2.58. The first-order valence-electron chi connectivity index (χ1n) is 4.98. The minimum atomic E-state index is -1.03. The lowest BCUT2D eigenvalue weighted by Gasteiger charge is -1.99. The maximum absolute atomic E-state index is 10.8. The van der Waals surface area contributed by atoms with Gasteiger partial charge in [0.15, 0.2) is 0 Å². The van der Waals surface area contributed by atoms with Gasteiger partial charge in [-0.15, -0.1) is 0 Å². The summed E-state index contributed by atoms with van der Waals surface area (Å²) in [5.74, 6) is -2.45. The lowest BCUT2D eigenvalue weighted by molar-refractivity contribution is -0.138. The van der Waals surface area contributed by atoms with E-state index in [4.69, 9.17) is 14.6 Å². The molecule has 0 fully saturated rings. The molecule has 0 aliphatic rings. The predicted octanol–water partition coefficient (Wildman–Crippen LogP) is 2.32. The van der Waals surface area contributed by atoms with E-state index in [0.29, 0.717) is 16.7 Å². The number of hydrogen-bond donors (Lipinski definition) is 2. The van der Waals surface area contributed by atoms with Crippen LogP contribution in [-0.4, -0.2) is 22.2 Å². The molecule has 0 spiro atoms. The number of aromatic carboxylic acids is 1. The van der Waals surface area contributed by atoms with Crippen molar-refractivity contribution < 1.29 is 24.2 Å². The number of carbonyl (C=O) groups is 2. The Morgan fingerprint density at radius 1 is 1.24 bits per heavy atom. The molecule has 0 saturated heterocycles. The van der Waals surface area contributed by atoms with Crippen LogP contribution in [0.15, 0.2) is 28.7 Å². The van der Waals surface area contributed by atoms with Crippen LogP contribution in [0.1, 0.15) is 29.0 Å². The molecule has 88 valence electrons. The van der Waals surface area contributed by atoms with Crippen LogP contribution in [0.4, 0.5) is 0 Å². The number of hydrogen-bond acceptors (Lipinski definition) is 3. The maximum atomic E-state index is 10.8. The van der Waals surface area contributed by atoms with Gasteiger partial charge in [0.05, 0.1) is 5.56 Å². The van der Waals surface area contributed by atoms with Crippen LogP contribution in [0.25, 0.3) is 11.0 Å². The summed E-state index contributed by atoms with van der Waals surface area (Å²) >= 11 is 0. The van der Waals surface area contributed by atoms with Crippen molar-refractivity contribution in [2.75, 3.05) is 0 Å². The van der Waals surface area contributed by atoms with Gasteiger partial charge in [-0.2, -0.15) is 0 Å². The Bertz CT molecular complexity index is 596. The van der Waals surface area contributed by atoms with Gasteiger partial charge in [0.1, 0.15) is 17.3 Å². The Labute approximate surface area is 96.3 Å².